The second-order valence-electron chi connectivity index (χ2n) is 5.49. The number of hydrogen-bond donors (Lipinski definition) is 2. The molecule has 2 rings (SSSR count). The number of aromatic nitrogens is 2. The van der Waals surface area contributed by atoms with Gasteiger partial charge in [0.25, 0.3) is 0 Å². The minimum Gasteiger partial charge on any atom is -0.352 e. The molecule has 8 heteroatoms. The van der Waals surface area contributed by atoms with Crippen LogP contribution in [0.15, 0.2) is 24.3 Å². The zero-order valence-electron chi connectivity index (χ0n) is 13.5. The molecule has 1 unspecified atom stereocenters. The average Bonchev–Trinajstić information content (AvgIpc) is 2.47. The van der Waals surface area contributed by atoms with Crippen molar-refractivity contribution in [2.75, 3.05) is 10.6 Å². The quantitative estimate of drug-likeness (QED) is 0.750. The van der Waals surface area contributed by atoms with Gasteiger partial charge in [0.2, 0.25) is 5.95 Å². The third kappa shape index (κ3) is 4.74. The van der Waals surface area contributed by atoms with Crippen LogP contribution in [0, 0.1) is 6.92 Å². The summed E-state index contributed by atoms with van der Waals surface area (Å²) in [6.45, 7) is 5.81. The SMILES string of the molecule is CCC(C)Nc1nc(C)cc(Nc2ccc(Cl)c(C(F)(F)F)c2)n1. The van der Waals surface area contributed by atoms with Gasteiger partial charge in [-0.2, -0.15) is 18.2 Å². The van der Waals surface area contributed by atoms with Crippen molar-refractivity contribution >= 4 is 29.1 Å². The van der Waals surface area contributed by atoms with Crippen molar-refractivity contribution < 1.29 is 13.2 Å². The molecule has 0 radical (unpaired) electrons. The molecule has 130 valence electrons. The fourth-order valence-corrected chi connectivity index (χ4v) is 2.21. The van der Waals surface area contributed by atoms with E-state index in [0.717, 1.165) is 12.5 Å². The first-order chi connectivity index (χ1) is 11.2. The normalized spacial score (nSPS) is 12.8. The number of hydrogen-bond acceptors (Lipinski definition) is 4. The fourth-order valence-electron chi connectivity index (χ4n) is 1.99. The minimum absolute atomic E-state index is 0.187. The highest BCUT2D eigenvalue weighted by atomic mass is 35.5. The molecule has 0 amide bonds. The molecule has 1 aromatic heterocycles. The van der Waals surface area contributed by atoms with E-state index >= 15 is 0 Å². The van der Waals surface area contributed by atoms with E-state index in [0.29, 0.717) is 17.5 Å². The Balaban J connectivity index is 2.28. The Hall–Kier alpha value is -2.02. The molecule has 0 saturated carbocycles. The van der Waals surface area contributed by atoms with E-state index in [1.807, 2.05) is 13.8 Å². The van der Waals surface area contributed by atoms with Gasteiger partial charge < -0.3 is 10.6 Å². The maximum absolute atomic E-state index is 12.9. The number of nitrogens with one attached hydrogen (secondary N) is 2. The van der Waals surface area contributed by atoms with E-state index in [-0.39, 0.29) is 16.8 Å². The number of anilines is 3. The Kier molecular flexibility index (Phi) is 5.54. The van der Waals surface area contributed by atoms with Crippen LogP contribution < -0.4 is 10.6 Å². The lowest BCUT2D eigenvalue weighted by Crippen LogP contribution is -2.16. The molecule has 0 fully saturated rings. The second kappa shape index (κ2) is 7.25. The standard InChI is InChI=1S/C16H18ClF3N4/c1-4-9(2)21-15-22-10(3)7-14(24-15)23-11-5-6-13(17)12(8-11)16(18,19)20/h5-9H,4H2,1-3H3,(H2,21,22,23,24). The van der Waals surface area contributed by atoms with Crippen molar-refractivity contribution in [3.63, 3.8) is 0 Å². The summed E-state index contributed by atoms with van der Waals surface area (Å²) < 4.78 is 38.8. The molecule has 1 heterocycles. The Bertz CT molecular complexity index is 719. The molecule has 4 nitrogen and oxygen atoms in total. The van der Waals surface area contributed by atoms with Crippen LogP contribution in [0.3, 0.4) is 0 Å². The van der Waals surface area contributed by atoms with Gasteiger partial charge in [0, 0.05) is 23.5 Å². The van der Waals surface area contributed by atoms with Gasteiger partial charge in [0.05, 0.1) is 10.6 Å². The summed E-state index contributed by atoms with van der Waals surface area (Å²) >= 11 is 5.62. The summed E-state index contributed by atoms with van der Waals surface area (Å²) in [6, 6.07) is 5.48. The molecule has 0 saturated heterocycles. The largest absolute Gasteiger partial charge is 0.417 e. The highest BCUT2D eigenvalue weighted by molar-refractivity contribution is 6.31. The number of rotatable bonds is 5. The van der Waals surface area contributed by atoms with Gasteiger partial charge in [-0.15, -0.1) is 0 Å². The van der Waals surface area contributed by atoms with E-state index < -0.39 is 11.7 Å². The molecule has 0 bridgehead atoms. The molecule has 0 spiro atoms. The van der Waals surface area contributed by atoms with Crippen LogP contribution in [0.2, 0.25) is 5.02 Å². The van der Waals surface area contributed by atoms with Gasteiger partial charge in [0.15, 0.2) is 0 Å². The summed E-state index contributed by atoms with van der Waals surface area (Å²) in [5.74, 6) is 0.834. The maximum atomic E-state index is 12.9. The fraction of sp³-hybridized carbons (Fsp3) is 0.375. The zero-order chi connectivity index (χ0) is 17.9. The van der Waals surface area contributed by atoms with Crippen LogP contribution in [-0.2, 0) is 6.18 Å². The van der Waals surface area contributed by atoms with Crippen LogP contribution in [0.4, 0.5) is 30.6 Å². The molecule has 0 aliphatic rings. The van der Waals surface area contributed by atoms with Crippen molar-refractivity contribution in [3.8, 4) is 0 Å². The van der Waals surface area contributed by atoms with Gasteiger partial charge in [0.1, 0.15) is 5.82 Å². The number of nitrogens with zero attached hydrogens (tertiary/aromatic N) is 2. The average molecular weight is 359 g/mol. The number of aryl methyl sites for hydroxylation is 1. The van der Waals surface area contributed by atoms with E-state index in [1.165, 1.54) is 12.1 Å². The molecule has 24 heavy (non-hydrogen) atoms. The highest BCUT2D eigenvalue weighted by Gasteiger charge is 2.33. The van der Waals surface area contributed by atoms with Gasteiger partial charge >= 0.3 is 6.18 Å². The van der Waals surface area contributed by atoms with Crippen LogP contribution in [-0.4, -0.2) is 16.0 Å². The predicted octanol–water partition coefficient (Wildman–Crippen LogP) is 5.41. The summed E-state index contributed by atoms with van der Waals surface area (Å²) in [4.78, 5) is 8.55. The lowest BCUT2D eigenvalue weighted by Gasteiger charge is -2.15. The first kappa shape index (κ1) is 18.3. The molecule has 1 atom stereocenters. The topological polar surface area (TPSA) is 49.8 Å². The van der Waals surface area contributed by atoms with Gasteiger partial charge in [-0.3, -0.25) is 0 Å². The first-order valence-electron chi connectivity index (χ1n) is 7.45. The second-order valence-corrected chi connectivity index (χ2v) is 5.90. The van der Waals surface area contributed by atoms with Gasteiger partial charge in [-0.05, 0) is 38.5 Å². The predicted molar refractivity (Wildman–Crippen MR) is 89.9 cm³/mol. The Morgan fingerprint density at radius 3 is 2.54 bits per heavy atom. The van der Waals surface area contributed by atoms with Crippen molar-refractivity contribution in [1.82, 2.24) is 9.97 Å². The summed E-state index contributed by atoms with van der Waals surface area (Å²) in [7, 11) is 0. The summed E-state index contributed by atoms with van der Waals surface area (Å²) in [5, 5.41) is 5.66. The molecular weight excluding hydrogens is 341 g/mol. The Morgan fingerprint density at radius 2 is 1.92 bits per heavy atom. The molecular formula is C16H18ClF3N4. The van der Waals surface area contributed by atoms with Crippen molar-refractivity contribution in [1.29, 1.82) is 0 Å². The summed E-state index contributed by atoms with van der Waals surface area (Å²) in [6.07, 6.45) is -3.62. The summed E-state index contributed by atoms with van der Waals surface area (Å²) in [5.41, 5.74) is 0.0560. The first-order valence-corrected chi connectivity index (χ1v) is 7.83. The van der Waals surface area contributed by atoms with E-state index in [2.05, 4.69) is 20.6 Å². The third-order valence-corrected chi connectivity index (χ3v) is 3.72. The van der Waals surface area contributed by atoms with Crippen LogP contribution in [0.1, 0.15) is 31.5 Å². The maximum Gasteiger partial charge on any atom is 0.417 e. The monoisotopic (exact) mass is 358 g/mol. The van der Waals surface area contributed by atoms with E-state index in [9.17, 15) is 13.2 Å². The third-order valence-electron chi connectivity index (χ3n) is 3.39. The van der Waals surface area contributed by atoms with Gasteiger partial charge in [-0.25, -0.2) is 4.98 Å². The smallest absolute Gasteiger partial charge is 0.352 e. The number of halogens is 4. The molecule has 0 aliphatic heterocycles. The van der Waals surface area contributed by atoms with E-state index in [4.69, 9.17) is 11.6 Å². The molecule has 2 N–H and O–H groups in total. The Labute approximate surface area is 143 Å². The Morgan fingerprint density at radius 1 is 1.21 bits per heavy atom. The zero-order valence-corrected chi connectivity index (χ0v) is 14.3. The number of alkyl halides is 3. The van der Waals surface area contributed by atoms with Crippen LogP contribution in [0.5, 0.6) is 0 Å². The molecule has 1 aromatic carbocycles. The van der Waals surface area contributed by atoms with Crippen LogP contribution >= 0.6 is 11.6 Å². The highest BCUT2D eigenvalue weighted by Crippen LogP contribution is 2.36. The van der Waals surface area contributed by atoms with Crippen molar-refractivity contribution in [2.45, 2.75) is 39.4 Å². The lowest BCUT2D eigenvalue weighted by molar-refractivity contribution is -0.137. The van der Waals surface area contributed by atoms with Crippen molar-refractivity contribution in [3.05, 3.63) is 40.5 Å². The molecule has 2 aromatic rings. The lowest BCUT2D eigenvalue weighted by atomic mass is 10.2. The molecule has 0 aliphatic carbocycles. The van der Waals surface area contributed by atoms with E-state index in [1.54, 1.807) is 13.0 Å². The van der Waals surface area contributed by atoms with Crippen molar-refractivity contribution in [2.24, 2.45) is 0 Å². The minimum atomic E-state index is -4.51. The van der Waals surface area contributed by atoms with Crippen LogP contribution in [0.25, 0.3) is 0 Å². The number of benzene rings is 1. The van der Waals surface area contributed by atoms with Gasteiger partial charge in [-0.1, -0.05) is 18.5 Å².